The summed E-state index contributed by atoms with van der Waals surface area (Å²) >= 11 is 0. The number of halogens is 1. The largest absolute Gasteiger partial charge is 0.216 e. The number of benzene rings is 1. The van der Waals surface area contributed by atoms with Gasteiger partial charge in [-0.05, 0) is 41.9 Å². The van der Waals surface area contributed by atoms with E-state index in [2.05, 4.69) is 19.1 Å². The molecular weight excluding hydrogens is 247 g/mol. The van der Waals surface area contributed by atoms with Crippen LogP contribution in [0.3, 0.4) is 0 Å². The predicted molar refractivity (Wildman–Crippen MR) is 85.3 cm³/mol. The van der Waals surface area contributed by atoms with Crippen LogP contribution in [-0.4, -0.2) is 0 Å². The molecule has 0 atom stereocenters. The molecule has 1 aliphatic carbocycles. The van der Waals surface area contributed by atoms with Crippen molar-refractivity contribution < 1.29 is 4.39 Å². The summed E-state index contributed by atoms with van der Waals surface area (Å²) in [5.74, 6) is 1.93. The van der Waals surface area contributed by atoms with Gasteiger partial charge in [0.05, 0.1) is 6.33 Å². The monoisotopic (exact) mass is 274 g/mol. The van der Waals surface area contributed by atoms with Crippen molar-refractivity contribution in [1.82, 2.24) is 0 Å². The zero-order chi connectivity index (χ0) is 14.2. The lowest BCUT2D eigenvalue weighted by Gasteiger charge is -2.28. The fraction of sp³-hybridized carbons (Fsp3) is 0.579. The highest BCUT2D eigenvalue weighted by Crippen LogP contribution is 2.33. The summed E-state index contributed by atoms with van der Waals surface area (Å²) < 4.78 is 12.1. The van der Waals surface area contributed by atoms with Gasteiger partial charge in [0.1, 0.15) is 0 Å². The molecule has 1 heteroatoms. The molecule has 0 aliphatic heterocycles. The lowest BCUT2D eigenvalue weighted by Crippen LogP contribution is -2.15. The van der Waals surface area contributed by atoms with Crippen molar-refractivity contribution in [2.24, 2.45) is 11.8 Å². The Hall–Kier alpha value is -1.11. The summed E-state index contributed by atoms with van der Waals surface area (Å²) in [6, 6.07) is 8.28. The van der Waals surface area contributed by atoms with Crippen LogP contribution >= 0.6 is 0 Å². The van der Waals surface area contributed by atoms with Crippen molar-refractivity contribution in [3.05, 3.63) is 41.7 Å². The van der Waals surface area contributed by atoms with Gasteiger partial charge in [0.15, 0.2) is 0 Å². The molecule has 0 saturated heterocycles. The van der Waals surface area contributed by atoms with Gasteiger partial charge < -0.3 is 0 Å². The number of aryl methyl sites for hydroxylation is 1. The van der Waals surface area contributed by atoms with E-state index in [-0.39, 0.29) is 0 Å². The molecule has 1 aliphatic rings. The van der Waals surface area contributed by atoms with Crippen LogP contribution in [0.5, 0.6) is 0 Å². The highest BCUT2D eigenvalue weighted by Gasteiger charge is 2.20. The van der Waals surface area contributed by atoms with Crippen LogP contribution in [0, 0.1) is 11.8 Å². The van der Waals surface area contributed by atoms with Gasteiger partial charge in [-0.15, -0.1) is 0 Å². The highest BCUT2D eigenvalue weighted by atomic mass is 19.1. The van der Waals surface area contributed by atoms with Crippen molar-refractivity contribution in [2.75, 3.05) is 0 Å². The lowest BCUT2D eigenvalue weighted by molar-refractivity contribution is 0.252. The van der Waals surface area contributed by atoms with Gasteiger partial charge in [-0.2, -0.15) is 0 Å². The Kier molecular flexibility index (Phi) is 6.29. The van der Waals surface area contributed by atoms with Crippen molar-refractivity contribution in [2.45, 2.75) is 58.3 Å². The second-order valence-electron chi connectivity index (χ2n) is 6.25. The summed E-state index contributed by atoms with van der Waals surface area (Å²) in [5, 5.41) is 0. The maximum Gasteiger partial charge on any atom is 0.0872 e. The molecule has 0 heterocycles. The van der Waals surface area contributed by atoms with Crippen LogP contribution in [0.2, 0.25) is 0 Å². The minimum Gasteiger partial charge on any atom is -0.216 e. The van der Waals surface area contributed by atoms with Gasteiger partial charge >= 0.3 is 0 Å². The van der Waals surface area contributed by atoms with E-state index in [1.807, 2.05) is 12.1 Å². The third kappa shape index (κ3) is 4.77. The minimum atomic E-state index is 0.601. The molecule has 0 N–H and O–H groups in total. The molecule has 0 aromatic heterocycles. The fourth-order valence-electron chi connectivity index (χ4n) is 3.46. The van der Waals surface area contributed by atoms with Crippen LogP contribution in [-0.2, 0) is 6.42 Å². The van der Waals surface area contributed by atoms with Crippen molar-refractivity contribution >= 4 is 6.08 Å². The number of rotatable bonds is 6. The van der Waals surface area contributed by atoms with E-state index >= 15 is 0 Å². The Labute approximate surface area is 123 Å². The van der Waals surface area contributed by atoms with Gasteiger partial charge in [0, 0.05) is 0 Å². The Morgan fingerprint density at radius 2 is 1.60 bits per heavy atom. The van der Waals surface area contributed by atoms with Gasteiger partial charge in [0.25, 0.3) is 0 Å². The smallest absolute Gasteiger partial charge is 0.0872 e. The lowest BCUT2D eigenvalue weighted by atomic mass is 9.78. The third-order valence-corrected chi connectivity index (χ3v) is 4.74. The summed E-state index contributed by atoms with van der Waals surface area (Å²) in [6.07, 6.45) is 13.1. The van der Waals surface area contributed by atoms with Crippen LogP contribution in [0.4, 0.5) is 4.39 Å². The standard InChI is InChI=1S/C19H27F/c1-2-3-16-4-6-17(7-5-16)8-9-18-10-12-19(13-11-18)14-15-20/h10-17H,2-9H2,1H3/b15-14+. The normalized spacial score (nSPS) is 23.3. The Morgan fingerprint density at radius 1 is 1.00 bits per heavy atom. The molecule has 110 valence electrons. The maximum absolute atomic E-state index is 12.1. The van der Waals surface area contributed by atoms with Crippen molar-refractivity contribution in [3.63, 3.8) is 0 Å². The quantitative estimate of drug-likeness (QED) is 0.582. The zero-order valence-electron chi connectivity index (χ0n) is 12.7. The summed E-state index contributed by atoms with van der Waals surface area (Å²) in [4.78, 5) is 0. The fourth-order valence-corrected chi connectivity index (χ4v) is 3.46. The van der Waals surface area contributed by atoms with E-state index < -0.39 is 0 Å². The van der Waals surface area contributed by atoms with E-state index in [1.54, 1.807) is 0 Å². The topological polar surface area (TPSA) is 0 Å². The second-order valence-corrected chi connectivity index (χ2v) is 6.25. The Morgan fingerprint density at radius 3 is 2.15 bits per heavy atom. The summed E-state index contributed by atoms with van der Waals surface area (Å²) in [7, 11) is 0. The van der Waals surface area contributed by atoms with E-state index in [1.165, 1.54) is 63.0 Å². The van der Waals surface area contributed by atoms with Crippen molar-refractivity contribution in [3.8, 4) is 0 Å². The van der Waals surface area contributed by atoms with Crippen molar-refractivity contribution in [1.29, 1.82) is 0 Å². The molecule has 0 unspecified atom stereocenters. The SMILES string of the molecule is CCCC1CCC(CCc2ccc(/C=C/F)cc2)CC1. The molecular formula is C19H27F. The summed E-state index contributed by atoms with van der Waals surface area (Å²) in [5.41, 5.74) is 2.33. The van der Waals surface area contributed by atoms with Crippen LogP contribution in [0.1, 0.15) is 63.0 Å². The third-order valence-electron chi connectivity index (χ3n) is 4.74. The predicted octanol–water partition coefficient (Wildman–Crippen LogP) is 6.17. The average molecular weight is 274 g/mol. The first-order valence-electron chi connectivity index (χ1n) is 8.17. The van der Waals surface area contributed by atoms with E-state index in [9.17, 15) is 4.39 Å². The molecule has 1 aromatic carbocycles. The van der Waals surface area contributed by atoms with Gasteiger partial charge in [-0.1, -0.05) is 69.7 Å². The first kappa shape index (κ1) is 15.3. The second kappa shape index (κ2) is 8.24. The Balaban J connectivity index is 1.73. The van der Waals surface area contributed by atoms with Crippen LogP contribution in [0.15, 0.2) is 30.6 Å². The first-order chi connectivity index (χ1) is 9.81. The number of hydrogen-bond acceptors (Lipinski definition) is 0. The van der Waals surface area contributed by atoms with Gasteiger partial charge in [0.2, 0.25) is 0 Å². The van der Waals surface area contributed by atoms with Gasteiger partial charge in [-0.25, -0.2) is 4.39 Å². The molecule has 0 nitrogen and oxygen atoms in total. The van der Waals surface area contributed by atoms with E-state index in [0.29, 0.717) is 6.33 Å². The van der Waals surface area contributed by atoms with E-state index in [0.717, 1.165) is 17.4 Å². The zero-order valence-corrected chi connectivity index (χ0v) is 12.7. The first-order valence-corrected chi connectivity index (χ1v) is 8.17. The molecule has 0 radical (unpaired) electrons. The average Bonchev–Trinajstić information content (AvgIpc) is 2.49. The van der Waals surface area contributed by atoms with Crippen LogP contribution in [0.25, 0.3) is 6.08 Å². The highest BCUT2D eigenvalue weighted by molar-refractivity contribution is 5.48. The molecule has 2 rings (SSSR count). The van der Waals surface area contributed by atoms with Gasteiger partial charge in [-0.3, -0.25) is 0 Å². The molecule has 1 aromatic rings. The molecule has 0 amide bonds. The number of hydrogen-bond donors (Lipinski definition) is 0. The molecule has 20 heavy (non-hydrogen) atoms. The molecule has 0 spiro atoms. The molecule has 0 bridgehead atoms. The van der Waals surface area contributed by atoms with E-state index in [4.69, 9.17) is 0 Å². The molecule has 1 fully saturated rings. The maximum atomic E-state index is 12.1. The summed E-state index contributed by atoms with van der Waals surface area (Å²) in [6.45, 7) is 2.30. The molecule has 1 saturated carbocycles. The minimum absolute atomic E-state index is 0.601. The Bertz CT molecular complexity index is 396. The van der Waals surface area contributed by atoms with Crippen LogP contribution < -0.4 is 0 Å².